The average molecular weight is 228 g/mol. The van der Waals surface area contributed by atoms with E-state index in [9.17, 15) is 4.79 Å². The third-order valence-electron chi connectivity index (χ3n) is 3.10. The van der Waals surface area contributed by atoms with Gasteiger partial charge in [-0.05, 0) is 31.6 Å². The van der Waals surface area contributed by atoms with E-state index in [0.29, 0.717) is 12.0 Å². The Balaban J connectivity index is 2.46. The maximum absolute atomic E-state index is 11.6. The summed E-state index contributed by atoms with van der Waals surface area (Å²) in [4.78, 5) is 11.6. The number of rotatable bonds is 5. The molecular weight excluding hydrogens is 204 g/mol. The van der Waals surface area contributed by atoms with Gasteiger partial charge in [0.25, 0.3) is 0 Å². The highest BCUT2D eigenvalue weighted by molar-refractivity contribution is 5.75. The number of carbonyl (C=O) groups excluding carboxylic acids is 1. The number of carbonyl (C=O) groups is 1. The zero-order valence-corrected chi connectivity index (χ0v) is 10.5. The maximum atomic E-state index is 11.6. The minimum Gasteiger partial charge on any atom is -0.468 e. The van der Waals surface area contributed by atoms with Gasteiger partial charge in [-0.15, -0.1) is 0 Å². The predicted molar refractivity (Wildman–Crippen MR) is 64.0 cm³/mol. The van der Waals surface area contributed by atoms with E-state index >= 15 is 0 Å². The molecule has 1 fully saturated rings. The Morgan fingerprint density at radius 2 is 2.19 bits per heavy atom. The molecule has 4 heteroatoms. The Bertz CT molecular complexity index is 231. The fraction of sp³-hybridized carbons (Fsp3) is 0.917. The summed E-state index contributed by atoms with van der Waals surface area (Å²) in [5, 5.41) is 3.37. The van der Waals surface area contributed by atoms with Gasteiger partial charge in [0.05, 0.1) is 7.11 Å². The number of methoxy groups -OCH3 is 1. The quantitative estimate of drug-likeness (QED) is 0.690. The van der Waals surface area contributed by atoms with Crippen LogP contribution < -0.4 is 11.1 Å². The first-order valence-corrected chi connectivity index (χ1v) is 6.12. The van der Waals surface area contributed by atoms with Crippen LogP contribution in [-0.4, -0.2) is 31.2 Å². The van der Waals surface area contributed by atoms with Crippen molar-refractivity contribution < 1.29 is 9.53 Å². The van der Waals surface area contributed by atoms with Crippen LogP contribution in [0.5, 0.6) is 0 Å². The standard InChI is InChI=1S/C12H24N2O2/c1-8(2)6-11(12(15)16-3)14-10-5-4-9(13)7-10/h8-11,14H,4-7,13H2,1-3H3. The van der Waals surface area contributed by atoms with E-state index in [4.69, 9.17) is 10.5 Å². The van der Waals surface area contributed by atoms with Gasteiger partial charge >= 0.3 is 5.97 Å². The van der Waals surface area contributed by atoms with Gasteiger partial charge in [0.2, 0.25) is 0 Å². The third-order valence-corrected chi connectivity index (χ3v) is 3.10. The Morgan fingerprint density at radius 3 is 2.62 bits per heavy atom. The number of ether oxygens (including phenoxy) is 1. The smallest absolute Gasteiger partial charge is 0.322 e. The molecule has 0 spiro atoms. The average Bonchev–Trinajstić information content (AvgIpc) is 2.61. The van der Waals surface area contributed by atoms with Crippen LogP contribution in [-0.2, 0) is 9.53 Å². The molecule has 3 atom stereocenters. The van der Waals surface area contributed by atoms with Gasteiger partial charge in [-0.25, -0.2) is 0 Å². The first-order valence-electron chi connectivity index (χ1n) is 6.12. The summed E-state index contributed by atoms with van der Waals surface area (Å²) >= 11 is 0. The van der Waals surface area contributed by atoms with Gasteiger partial charge in [0.15, 0.2) is 0 Å². The molecule has 0 saturated heterocycles. The zero-order valence-electron chi connectivity index (χ0n) is 10.5. The van der Waals surface area contributed by atoms with Gasteiger partial charge in [0.1, 0.15) is 6.04 Å². The summed E-state index contributed by atoms with van der Waals surface area (Å²) in [5.74, 6) is 0.320. The molecule has 0 aromatic carbocycles. The minimum absolute atomic E-state index is 0.158. The van der Waals surface area contributed by atoms with Crippen molar-refractivity contribution in [2.45, 2.75) is 57.7 Å². The lowest BCUT2D eigenvalue weighted by molar-refractivity contribution is -0.143. The number of esters is 1. The lowest BCUT2D eigenvalue weighted by Gasteiger charge is -2.22. The molecule has 1 saturated carbocycles. The molecule has 0 heterocycles. The fourth-order valence-electron chi connectivity index (χ4n) is 2.30. The largest absolute Gasteiger partial charge is 0.468 e. The molecule has 3 N–H and O–H groups in total. The molecule has 0 aromatic heterocycles. The van der Waals surface area contributed by atoms with E-state index < -0.39 is 0 Å². The highest BCUT2D eigenvalue weighted by atomic mass is 16.5. The summed E-state index contributed by atoms with van der Waals surface area (Å²) in [5.41, 5.74) is 5.85. The van der Waals surface area contributed by atoms with E-state index in [1.807, 2.05) is 0 Å². The van der Waals surface area contributed by atoms with E-state index in [2.05, 4.69) is 19.2 Å². The lowest BCUT2D eigenvalue weighted by atomic mass is 10.0. The Kier molecular flexibility index (Phi) is 5.22. The number of nitrogens with two attached hydrogens (primary N) is 1. The fourth-order valence-corrected chi connectivity index (χ4v) is 2.30. The SMILES string of the molecule is COC(=O)C(CC(C)C)NC1CCC(N)C1. The first kappa shape index (κ1) is 13.5. The predicted octanol–water partition coefficient (Wildman–Crippen LogP) is 1.04. The van der Waals surface area contributed by atoms with Crippen LogP contribution >= 0.6 is 0 Å². The second-order valence-electron chi connectivity index (χ2n) is 5.14. The second-order valence-corrected chi connectivity index (χ2v) is 5.14. The molecule has 0 aliphatic heterocycles. The summed E-state index contributed by atoms with van der Waals surface area (Å²) in [6, 6.07) is 0.480. The summed E-state index contributed by atoms with van der Waals surface area (Å²) in [6.45, 7) is 4.22. The Hall–Kier alpha value is -0.610. The molecule has 0 bridgehead atoms. The molecule has 1 aliphatic rings. The first-order chi connectivity index (χ1) is 7.52. The summed E-state index contributed by atoms with van der Waals surface area (Å²) < 4.78 is 4.82. The molecule has 3 unspecified atom stereocenters. The zero-order chi connectivity index (χ0) is 12.1. The van der Waals surface area contributed by atoms with E-state index in [-0.39, 0.29) is 18.1 Å². The molecule has 94 valence electrons. The summed E-state index contributed by atoms with van der Waals surface area (Å²) in [6.07, 6.45) is 3.89. The summed E-state index contributed by atoms with van der Waals surface area (Å²) in [7, 11) is 1.44. The Morgan fingerprint density at radius 1 is 1.50 bits per heavy atom. The van der Waals surface area contributed by atoms with Crippen LogP contribution in [0.4, 0.5) is 0 Å². The molecule has 0 aromatic rings. The number of hydrogen-bond donors (Lipinski definition) is 2. The van der Waals surface area contributed by atoms with Gasteiger partial charge in [0, 0.05) is 12.1 Å². The van der Waals surface area contributed by atoms with Crippen molar-refractivity contribution >= 4 is 5.97 Å². The van der Waals surface area contributed by atoms with Crippen LogP contribution in [0, 0.1) is 5.92 Å². The molecule has 4 nitrogen and oxygen atoms in total. The number of nitrogens with one attached hydrogen (secondary N) is 1. The van der Waals surface area contributed by atoms with Crippen molar-refractivity contribution in [1.82, 2.24) is 5.32 Å². The van der Waals surface area contributed by atoms with Crippen LogP contribution in [0.1, 0.15) is 39.5 Å². The highest BCUT2D eigenvalue weighted by Crippen LogP contribution is 2.19. The molecule has 1 rings (SSSR count). The molecule has 16 heavy (non-hydrogen) atoms. The van der Waals surface area contributed by atoms with Crippen LogP contribution in [0.25, 0.3) is 0 Å². The van der Waals surface area contributed by atoms with E-state index in [1.165, 1.54) is 7.11 Å². The normalized spacial score (nSPS) is 27.1. The van der Waals surface area contributed by atoms with E-state index in [1.54, 1.807) is 0 Å². The van der Waals surface area contributed by atoms with Crippen molar-refractivity contribution in [2.75, 3.05) is 7.11 Å². The van der Waals surface area contributed by atoms with E-state index in [0.717, 1.165) is 25.7 Å². The van der Waals surface area contributed by atoms with Crippen molar-refractivity contribution in [3.05, 3.63) is 0 Å². The number of hydrogen-bond acceptors (Lipinski definition) is 4. The third kappa shape index (κ3) is 4.10. The van der Waals surface area contributed by atoms with Gasteiger partial charge < -0.3 is 15.8 Å². The van der Waals surface area contributed by atoms with Gasteiger partial charge in [-0.3, -0.25) is 4.79 Å². The maximum Gasteiger partial charge on any atom is 0.322 e. The van der Waals surface area contributed by atoms with Crippen molar-refractivity contribution in [3.8, 4) is 0 Å². The van der Waals surface area contributed by atoms with Crippen molar-refractivity contribution in [1.29, 1.82) is 0 Å². The van der Waals surface area contributed by atoms with Crippen LogP contribution in [0.2, 0.25) is 0 Å². The van der Waals surface area contributed by atoms with Gasteiger partial charge in [-0.1, -0.05) is 13.8 Å². The highest BCUT2D eigenvalue weighted by Gasteiger charge is 2.28. The minimum atomic E-state index is -0.180. The molecule has 1 aliphatic carbocycles. The van der Waals surface area contributed by atoms with Crippen LogP contribution in [0.3, 0.4) is 0 Å². The van der Waals surface area contributed by atoms with Gasteiger partial charge in [-0.2, -0.15) is 0 Å². The molecule has 0 radical (unpaired) electrons. The van der Waals surface area contributed by atoms with Crippen molar-refractivity contribution in [2.24, 2.45) is 11.7 Å². The monoisotopic (exact) mass is 228 g/mol. The molecular formula is C12H24N2O2. The van der Waals surface area contributed by atoms with Crippen LogP contribution in [0.15, 0.2) is 0 Å². The van der Waals surface area contributed by atoms with Crippen molar-refractivity contribution in [3.63, 3.8) is 0 Å². The second kappa shape index (κ2) is 6.21. The lowest BCUT2D eigenvalue weighted by Crippen LogP contribution is -2.44. The molecule has 0 amide bonds. The topological polar surface area (TPSA) is 64.3 Å². The Labute approximate surface area is 97.9 Å².